The van der Waals surface area contributed by atoms with Crippen LogP contribution in [0.15, 0.2) is 18.2 Å². The fourth-order valence-corrected chi connectivity index (χ4v) is 3.43. The largest absolute Gasteiger partial charge is 0.392 e. The van der Waals surface area contributed by atoms with Gasteiger partial charge in [-0.2, -0.15) is 0 Å². The van der Waals surface area contributed by atoms with E-state index in [1.165, 1.54) is 25.7 Å². The predicted octanol–water partition coefficient (Wildman–Crippen LogP) is 4.07. The van der Waals surface area contributed by atoms with Crippen molar-refractivity contribution in [1.29, 1.82) is 0 Å². The first-order chi connectivity index (χ1) is 9.65. The molecular formula is C16H23Cl2NO. The number of hydrogen-bond donors (Lipinski definition) is 2. The fraction of sp³-hybridized carbons (Fsp3) is 0.625. The van der Waals surface area contributed by atoms with Gasteiger partial charge in [0.05, 0.1) is 6.10 Å². The van der Waals surface area contributed by atoms with Gasteiger partial charge in [0.15, 0.2) is 0 Å². The molecule has 1 aliphatic carbocycles. The smallest absolute Gasteiger partial charge is 0.0667 e. The van der Waals surface area contributed by atoms with Crippen LogP contribution in [0.2, 0.25) is 10.0 Å². The summed E-state index contributed by atoms with van der Waals surface area (Å²) in [5.74, 6) is 0.734. The number of aliphatic hydroxyl groups is 1. The maximum Gasteiger partial charge on any atom is 0.0667 e. The maximum absolute atomic E-state index is 9.99. The molecule has 0 aliphatic heterocycles. The monoisotopic (exact) mass is 315 g/mol. The molecule has 2 nitrogen and oxygen atoms in total. The van der Waals surface area contributed by atoms with Gasteiger partial charge in [-0.1, -0.05) is 55.0 Å². The summed E-state index contributed by atoms with van der Waals surface area (Å²) in [4.78, 5) is 0. The molecule has 4 heteroatoms. The van der Waals surface area contributed by atoms with Crippen molar-refractivity contribution in [2.45, 2.75) is 44.6 Å². The van der Waals surface area contributed by atoms with Crippen LogP contribution in [0.25, 0.3) is 0 Å². The van der Waals surface area contributed by atoms with E-state index in [1.807, 2.05) is 12.1 Å². The van der Waals surface area contributed by atoms with Gasteiger partial charge in [0.1, 0.15) is 0 Å². The maximum atomic E-state index is 9.99. The van der Waals surface area contributed by atoms with E-state index in [1.54, 1.807) is 6.07 Å². The molecule has 2 rings (SSSR count). The van der Waals surface area contributed by atoms with Crippen molar-refractivity contribution in [2.24, 2.45) is 5.92 Å². The van der Waals surface area contributed by atoms with Gasteiger partial charge < -0.3 is 10.4 Å². The molecule has 1 aromatic rings. The quantitative estimate of drug-likeness (QED) is 0.743. The lowest BCUT2D eigenvalue weighted by molar-refractivity contribution is 0.141. The summed E-state index contributed by atoms with van der Waals surface area (Å²) >= 11 is 12.0. The Morgan fingerprint density at radius 1 is 1.25 bits per heavy atom. The van der Waals surface area contributed by atoms with E-state index in [4.69, 9.17) is 23.2 Å². The van der Waals surface area contributed by atoms with Crippen LogP contribution in [0.1, 0.15) is 37.7 Å². The molecule has 0 amide bonds. The van der Waals surface area contributed by atoms with E-state index in [9.17, 15) is 5.11 Å². The summed E-state index contributed by atoms with van der Waals surface area (Å²) in [6.07, 6.45) is 6.81. The molecule has 0 saturated heterocycles. The highest BCUT2D eigenvalue weighted by molar-refractivity contribution is 6.35. The summed E-state index contributed by atoms with van der Waals surface area (Å²) < 4.78 is 0. The number of hydrogen-bond acceptors (Lipinski definition) is 2. The van der Waals surface area contributed by atoms with Crippen molar-refractivity contribution in [3.8, 4) is 0 Å². The lowest BCUT2D eigenvalue weighted by Gasteiger charge is -2.16. The fourth-order valence-electron chi connectivity index (χ4n) is 2.93. The van der Waals surface area contributed by atoms with Gasteiger partial charge in [0.2, 0.25) is 0 Å². The van der Waals surface area contributed by atoms with Crippen molar-refractivity contribution >= 4 is 23.2 Å². The Bertz CT molecular complexity index is 419. The highest BCUT2D eigenvalue weighted by Gasteiger charge is 2.18. The molecule has 1 fully saturated rings. The van der Waals surface area contributed by atoms with E-state index >= 15 is 0 Å². The molecule has 0 aromatic heterocycles. The van der Waals surface area contributed by atoms with Crippen molar-refractivity contribution in [1.82, 2.24) is 5.32 Å². The van der Waals surface area contributed by atoms with E-state index in [-0.39, 0.29) is 6.10 Å². The third-order valence-corrected chi connectivity index (χ3v) is 4.63. The molecule has 0 radical (unpaired) electrons. The Balaban J connectivity index is 1.63. The third kappa shape index (κ3) is 5.25. The number of nitrogens with one attached hydrogen (secondary N) is 1. The van der Waals surface area contributed by atoms with Crippen molar-refractivity contribution in [2.75, 3.05) is 13.1 Å². The summed E-state index contributed by atoms with van der Waals surface area (Å²) in [5.41, 5.74) is 1.09. The van der Waals surface area contributed by atoms with Gasteiger partial charge in [-0.15, -0.1) is 0 Å². The molecule has 1 aromatic carbocycles. The van der Waals surface area contributed by atoms with Crippen LogP contribution in [-0.4, -0.2) is 24.3 Å². The second-order valence-electron chi connectivity index (χ2n) is 5.73. The molecule has 1 aliphatic rings. The van der Waals surface area contributed by atoms with Gasteiger partial charge in [0.25, 0.3) is 0 Å². The highest BCUT2D eigenvalue weighted by atomic mass is 35.5. The Hall–Kier alpha value is -0.280. The number of rotatable bonds is 7. The lowest BCUT2D eigenvalue weighted by Crippen LogP contribution is -2.29. The molecular weight excluding hydrogens is 293 g/mol. The zero-order valence-corrected chi connectivity index (χ0v) is 13.3. The van der Waals surface area contributed by atoms with Crippen molar-refractivity contribution in [3.63, 3.8) is 0 Å². The molecule has 112 valence electrons. The Morgan fingerprint density at radius 2 is 2.00 bits per heavy atom. The topological polar surface area (TPSA) is 32.3 Å². The Morgan fingerprint density at radius 3 is 2.70 bits per heavy atom. The predicted molar refractivity (Wildman–Crippen MR) is 85.6 cm³/mol. The van der Waals surface area contributed by atoms with E-state index < -0.39 is 0 Å². The second kappa shape index (κ2) is 8.23. The van der Waals surface area contributed by atoms with Crippen LogP contribution in [-0.2, 0) is 6.42 Å². The van der Waals surface area contributed by atoms with Crippen LogP contribution in [0.5, 0.6) is 0 Å². The molecule has 1 saturated carbocycles. The summed E-state index contributed by atoms with van der Waals surface area (Å²) in [6, 6.07) is 5.59. The average molecular weight is 316 g/mol. The number of benzene rings is 1. The highest BCUT2D eigenvalue weighted by Crippen LogP contribution is 2.28. The molecule has 0 spiro atoms. The minimum absolute atomic E-state index is 0.223. The molecule has 2 N–H and O–H groups in total. The van der Waals surface area contributed by atoms with Gasteiger partial charge in [-0.25, -0.2) is 0 Å². The van der Waals surface area contributed by atoms with Crippen molar-refractivity contribution < 1.29 is 5.11 Å². The number of halogens is 2. The summed E-state index contributed by atoms with van der Waals surface area (Å²) in [5, 5.41) is 14.7. The normalized spacial score (nSPS) is 17.6. The number of aliphatic hydroxyl groups excluding tert-OH is 1. The minimum Gasteiger partial charge on any atom is -0.392 e. The lowest BCUT2D eigenvalue weighted by atomic mass is 10.00. The van der Waals surface area contributed by atoms with Crippen LogP contribution in [0.4, 0.5) is 0 Å². The zero-order valence-electron chi connectivity index (χ0n) is 11.7. The van der Waals surface area contributed by atoms with Crippen LogP contribution in [0.3, 0.4) is 0 Å². The minimum atomic E-state index is -0.223. The molecule has 0 bridgehead atoms. The molecule has 0 heterocycles. The second-order valence-corrected chi connectivity index (χ2v) is 6.57. The van der Waals surface area contributed by atoms with E-state index in [0.717, 1.165) is 30.9 Å². The first-order valence-corrected chi connectivity index (χ1v) is 8.23. The standard InChI is InChI=1S/C16H23Cl2NO/c17-14-6-5-13(16(18)10-14)7-8-19-11-15(20)9-12-3-1-2-4-12/h5-6,10,12,15,19-20H,1-4,7-9,11H2. The van der Waals surface area contributed by atoms with Gasteiger partial charge in [-0.3, -0.25) is 0 Å². The van der Waals surface area contributed by atoms with Gasteiger partial charge in [-0.05, 0) is 43.0 Å². The van der Waals surface area contributed by atoms with Gasteiger partial charge in [0, 0.05) is 16.6 Å². The SMILES string of the molecule is OC(CNCCc1ccc(Cl)cc1Cl)CC1CCCC1. The van der Waals surface area contributed by atoms with Gasteiger partial charge >= 0.3 is 0 Å². The Labute approximate surface area is 131 Å². The third-order valence-electron chi connectivity index (χ3n) is 4.05. The van der Waals surface area contributed by atoms with Crippen LogP contribution >= 0.6 is 23.2 Å². The first kappa shape index (κ1) is 16.1. The average Bonchev–Trinajstić information content (AvgIpc) is 2.89. The summed E-state index contributed by atoms with van der Waals surface area (Å²) in [6.45, 7) is 1.49. The van der Waals surface area contributed by atoms with Crippen molar-refractivity contribution in [3.05, 3.63) is 33.8 Å². The molecule has 1 unspecified atom stereocenters. The van der Waals surface area contributed by atoms with Crippen LogP contribution in [0, 0.1) is 5.92 Å². The molecule has 20 heavy (non-hydrogen) atoms. The van der Waals surface area contributed by atoms with E-state index in [0.29, 0.717) is 16.6 Å². The summed E-state index contributed by atoms with van der Waals surface area (Å²) in [7, 11) is 0. The van der Waals surface area contributed by atoms with E-state index in [2.05, 4.69) is 5.32 Å². The molecule has 1 atom stereocenters. The van der Waals surface area contributed by atoms with Crippen LogP contribution < -0.4 is 5.32 Å². The first-order valence-electron chi connectivity index (χ1n) is 7.48. The zero-order chi connectivity index (χ0) is 14.4. The Kier molecular flexibility index (Phi) is 6.63.